The predicted octanol–water partition coefficient (Wildman–Crippen LogP) is 0.808. The molecular weight excluding hydrogens is 230 g/mol. The maximum Gasteiger partial charge on any atom is 0.328 e. The second-order valence-electron chi connectivity index (χ2n) is 3.77. The van der Waals surface area contributed by atoms with Gasteiger partial charge in [0.1, 0.15) is 0 Å². The van der Waals surface area contributed by atoms with E-state index >= 15 is 0 Å². The number of aromatic amines is 1. The highest BCUT2D eigenvalue weighted by molar-refractivity contribution is 5.56. The number of aromatic nitrogens is 2. The molecule has 1 aromatic carbocycles. The number of nitrogens with zero attached hydrogens (tertiary/aromatic N) is 2. The average Bonchev–Trinajstić information content (AvgIpc) is 2.38. The van der Waals surface area contributed by atoms with Crippen LogP contribution in [0.1, 0.15) is 5.56 Å². The van der Waals surface area contributed by atoms with Gasteiger partial charge >= 0.3 is 5.69 Å². The lowest BCUT2D eigenvalue weighted by atomic mass is 10.2. The van der Waals surface area contributed by atoms with Gasteiger partial charge < -0.3 is 0 Å². The van der Waals surface area contributed by atoms with Crippen LogP contribution in [0.2, 0.25) is 0 Å². The minimum Gasteiger partial charge on any atom is -0.295 e. The highest BCUT2D eigenvalue weighted by Gasteiger charge is 1.93. The smallest absolute Gasteiger partial charge is 0.295 e. The van der Waals surface area contributed by atoms with E-state index in [9.17, 15) is 9.59 Å². The lowest BCUT2D eigenvalue weighted by Crippen LogP contribution is -2.28. The molecule has 0 saturated carbocycles. The Kier molecular flexibility index (Phi) is 3.86. The zero-order chi connectivity index (χ0) is 12.8. The first kappa shape index (κ1) is 12.0. The van der Waals surface area contributed by atoms with Crippen LogP contribution in [0.3, 0.4) is 0 Å². The van der Waals surface area contributed by atoms with E-state index < -0.39 is 11.2 Å². The molecule has 0 amide bonds. The highest BCUT2D eigenvalue weighted by atomic mass is 16.2. The lowest BCUT2D eigenvalue weighted by molar-refractivity contribution is 0.762. The Morgan fingerprint density at radius 2 is 1.94 bits per heavy atom. The van der Waals surface area contributed by atoms with Gasteiger partial charge in [0.05, 0.1) is 13.1 Å². The first-order valence-electron chi connectivity index (χ1n) is 5.58. The van der Waals surface area contributed by atoms with Crippen molar-refractivity contribution in [3.8, 4) is 0 Å². The largest absolute Gasteiger partial charge is 0.328 e. The van der Waals surface area contributed by atoms with Crippen LogP contribution in [0.5, 0.6) is 0 Å². The molecule has 0 fully saturated rings. The fourth-order valence-corrected chi connectivity index (χ4v) is 1.49. The summed E-state index contributed by atoms with van der Waals surface area (Å²) in [5.74, 6) is 0. The summed E-state index contributed by atoms with van der Waals surface area (Å²) >= 11 is 0. The van der Waals surface area contributed by atoms with Crippen LogP contribution in [0.25, 0.3) is 0 Å². The van der Waals surface area contributed by atoms with Crippen molar-refractivity contribution in [3.05, 3.63) is 69.0 Å². The van der Waals surface area contributed by atoms with Crippen LogP contribution in [-0.4, -0.2) is 15.8 Å². The number of hydrogen-bond acceptors (Lipinski definition) is 3. The molecule has 1 heterocycles. The molecule has 1 N–H and O–H groups in total. The number of H-pyrrole nitrogens is 1. The number of nitrogens with one attached hydrogen (secondary N) is 1. The van der Waals surface area contributed by atoms with Crippen LogP contribution in [0.15, 0.2) is 57.2 Å². The van der Waals surface area contributed by atoms with Gasteiger partial charge in [-0.05, 0) is 5.56 Å². The fourth-order valence-electron chi connectivity index (χ4n) is 1.49. The van der Waals surface area contributed by atoms with Crippen molar-refractivity contribution in [1.29, 1.82) is 0 Å². The van der Waals surface area contributed by atoms with E-state index in [0.29, 0.717) is 13.1 Å². The molecule has 0 spiro atoms. The Morgan fingerprint density at radius 1 is 1.17 bits per heavy atom. The van der Waals surface area contributed by atoms with Gasteiger partial charge in [0.2, 0.25) is 0 Å². The normalized spacial score (nSPS) is 10.9. The monoisotopic (exact) mass is 243 g/mol. The first-order valence-corrected chi connectivity index (χ1v) is 5.58. The Morgan fingerprint density at radius 3 is 2.67 bits per heavy atom. The van der Waals surface area contributed by atoms with E-state index in [1.807, 2.05) is 30.3 Å². The summed E-state index contributed by atoms with van der Waals surface area (Å²) < 4.78 is 1.38. The van der Waals surface area contributed by atoms with Crippen molar-refractivity contribution < 1.29 is 0 Å². The number of benzene rings is 1. The van der Waals surface area contributed by atoms with Gasteiger partial charge in [0.25, 0.3) is 5.56 Å². The molecule has 0 radical (unpaired) electrons. The highest BCUT2D eigenvalue weighted by Crippen LogP contribution is 1.99. The first-order chi connectivity index (χ1) is 8.75. The summed E-state index contributed by atoms with van der Waals surface area (Å²) in [6.07, 6.45) is 3.11. The standard InChI is InChI=1S/C13H13N3O2/c17-12-6-8-16(13(18)15-12)9-7-14-10-11-4-2-1-3-5-11/h1-8H,9-10H2,(H,15,17,18). The van der Waals surface area contributed by atoms with E-state index in [0.717, 1.165) is 5.56 Å². The Bertz CT molecular complexity index is 641. The number of rotatable bonds is 4. The summed E-state index contributed by atoms with van der Waals surface area (Å²) in [7, 11) is 0. The van der Waals surface area contributed by atoms with Crippen molar-refractivity contribution in [1.82, 2.24) is 9.55 Å². The third-order valence-corrected chi connectivity index (χ3v) is 2.42. The number of aliphatic imine (C=N–C) groups is 1. The zero-order valence-electron chi connectivity index (χ0n) is 9.74. The molecule has 5 nitrogen and oxygen atoms in total. The van der Waals surface area contributed by atoms with Crippen LogP contribution < -0.4 is 11.2 Å². The summed E-state index contributed by atoms with van der Waals surface area (Å²) in [4.78, 5) is 28.6. The SMILES string of the molecule is O=c1ccn(CC=NCc2ccccc2)c(=O)[nH]1. The van der Waals surface area contributed by atoms with Gasteiger partial charge in [-0.2, -0.15) is 0 Å². The molecule has 1 aromatic heterocycles. The molecule has 18 heavy (non-hydrogen) atoms. The second kappa shape index (κ2) is 5.77. The van der Waals surface area contributed by atoms with Gasteiger partial charge in [-0.15, -0.1) is 0 Å². The molecule has 0 atom stereocenters. The van der Waals surface area contributed by atoms with Crippen molar-refractivity contribution in [3.63, 3.8) is 0 Å². The molecule has 0 aliphatic rings. The van der Waals surface area contributed by atoms with E-state index in [-0.39, 0.29) is 0 Å². The fraction of sp³-hybridized carbons (Fsp3) is 0.154. The summed E-state index contributed by atoms with van der Waals surface area (Å²) in [6.45, 7) is 0.932. The molecule has 2 aromatic rings. The Hall–Kier alpha value is -2.43. The van der Waals surface area contributed by atoms with Gasteiger partial charge in [-0.3, -0.25) is 19.3 Å². The maximum atomic E-state index is 11.3. The molecule has 5 heteroatoms. The lowest BCUT2D eigenvalue weighted by Gasteiger charge is -1.99. The zero-order valence-corrected chi connectivity index (χ0v) is 9.74. The van der Waals surface area contributed by atoms with Gasteiger partial charge in [-0.1, -0.05) is 30.3 Å². The number of hydrogen-bond donors (Lipinski definition) is 1. The molecule has 0 aliphatic carbocycles. The van der Waals surface area contributed by atoms with E-state index in [2.05, 4.69) is 9.98 Å². The molecule has 0 aliphatic heterocycles. The van der Waals surface area contributed by atoms with Crippen molar-refractivity contribution in [2.45, 2.75) is 13.1 Å². The predicted molar refractivity (Wildman–Crippen MR) is 70.0 cm³/mol. The summed E-state index contributed by atoms with van der Waals surface area (Å²) in [6, 6.07) is 11.2. The second-order valence-corrected chi connectivity index (χ2v) is 3.77. The van der Waals surface area contributed by atoms with Crippen LogP contribution >= 0.6 is 0 Å². The van der Waals surface area contributed by atoms with Crippen LogP contribution in [0.4, 0.5) is 0 Å². The van der Waals surface area contributed by atoms with E-state index in [4.69, 9.17) is 0 Å². The topological polar surface area (TPSA) is 67.2 Å². The minimum absolute atomic E-state index is 0.350. The van der Waals surface area contributed by atoms with Crippen LogP contribution in [-0.2, 0) is 13.1 Å². The molecular formula is C13H13N3O2. The van der Waals surface area contributed by atoms with Gasteiger partial charge in [0, 0.05) is 18.5 Å². The molecule has 0 saturated heterocycles. The molecule has 0 unspecified atom stereocenters. The molecule has 2 rings (SSSR count). The van der Waals surface area contributed by atoms with Gasteiger partial charge in [-0.25, -0.2) is 4.79 Å². The molecule has 0 bridgehead atoms. The third-order valence-electron chi connectivity index (χ3n) is 2.42. The summed E-state index contributed by atoms with van der Waals surface area (Å²) in [5.41, 5.74) is 0.300. The Labute approximate surface area is 103 Å². The van der Waals surface area contributed by atoms with E-state index in [1.165, 1.54) is 16.8 Å². The van der Waals surface area contributed by atoms with Crippen molar-refractivity contribution in [2.75, 3.05) is 0 Å². The van der Waals surface area contributed by atoms with Crippen molar-refractivity contribution in [2.24, 2.45) is 4.99 Å². The Balaban J connectivity index is 1.95. The minimum atomic E-state index is -0.423. The van der Waals surface area contributed by atoms with Gasteiger partial charge in [0.15, 0.2) is 0 Å². The van der Waals surface area contributed by atoms with E-state index in [1.54, 1.807) is 6.21 Å². The average molecular weight is 243 g/mol. The third kappa shape index (κ3) is 3.28. The van der Waals surface area contributed by atoms with Crippen LogP contribution in [0, 0.1) is 0 Å². The van der Waals surface area contributed by atoms with Crippen molar-refractivity contribution >= 4 is 6.21 Å². The summed E-state index contributed by atoms with van der Waals surface area (Å²) in [5, 5.41) is 0. The quantitative estimate of drug-likeness (QED) is 0.807. The maximum absolute atomic E-state index is 11.3. The molecule has 92 valence electrons.